The highest BCUT2D eigenvalue weighted by molar-refractivity contribution is 5.55. The molecule has 0 atom stereocenters. The third-order valence-corrected chi connectivity index (χ3v) is 2.08. The summed E-state index contributed by atoms with van der Waals surface area (Å²) in [7, 11) is 1.21. The van der Waals surface area contributed by atoms with E-state index >= 15 is 0 Å². The molecule has 0 aliphatic heterocycles. The number of methoxy groups -OCH3 is 1. The molecule has 18 heavy (non-hydrogen) atoms. The number of aromatic amines is 1. The molecule has 0 radical (unpaired) electrons. The van der Waals surface area contributed by atoms with Gasteiger partial charge in [0.15, 0.2) is 11.6 Å². The van der Waals surface area contributed by atoms with Gasteiger partial charge in [0.25, 0.3) is 0 Å². The number of hydrogen-bond acceptors (Lipinski definition) is 4. The zero-order valence-corrected chi connectivity index (χ0v) is 9.00. The summed E-state index contributed by atoms with van der Waals surface area (Å²) in [5.74, 6) is -3.96. The number of aromatic nitrogens is 3. The van der Waals surface area contributed by atoms with Gasteiger partial charge in [-0.25, -0.2) is 18.0 Å². The number of rotatable bonds is 2. The summed E-state index contributed by atoms with van der Waals surface area (Å²) in [5.41, 5.74) is -1.24. The van der Waals surface area contributed by atoms with E-state index in [1.165, 1.54) is 7.11 Å². The molecular weight excluding hydrogens is 251 g/mol. The molecular formula is C10H6F3N3O2. The average Bonchev–Trinajstić information content (AvgIpc) is 2.33. The third-order valence-electron chi connectivity index (χ3n) is 2.08. The summed E-state index contributed by atoms with van der Waals surface area (Å²) < 4.78 is 43.8. The normalized spacial score (nSPS) is 10.4. The quantitative estimate of drug-likeness (QED) is 0.822. The molecule has 2 aromatic rings. The smallest absolute Gasteiger partial charge is 0.351 e. The summed E-state index contributed by atoms with van der Waals surface area (Å²) in [5, 5.41) is 0. The Labute approximate surface area is 98.3 Å². The second-order valence-electron chi connectivity index (χ2n) is 3.24. The van der Waals surface area contributed by atoms with Crippen molar-refractivity contribution in [2.24, 2.45) is 0 Å². The molecule has 0 aliphatic carbocycles. The van der Waals surface area contributed by atoms with Crippen molar-refractivity contribution in [1.29, 1.82) is 0 Å². The highest BCUT2D eigenvalue weighted by atomic mass is 19.2. The Morgan fingerprint density at radius 1 is 1.11 bits per heavy atom. The van der Waals surface area contributed by atoms with Gasteiger partial charge < -0.3 is 4.74 Å². The van der Waals surface area contributed by atoms with Crippen LogP contribution in [0.3, 0.4) is 0 Å². The van der Waals surface area contributed by atoms with Crippen LogP contribution in [0.25, 0.3) is 11.4 Å². The zero-order chi connectivity index (χ0) is 13.3. The van der Waals surface area contributed by atoms with Crippen molar-refractivity contribution < 1.29 is 17.9 Å². The van der Waals surface area contributed by atoms with E-state index in [-0.39, 0.29) is 11.8 Å². The Kier molecular flexibility index (Phi) is 3.00. The minimum Gasteiger partial charge on any atom is -0.467 e. The molecule has 1 heterocycles. The molecule has 8 heteroatoms. The standard InChI is InChI=1S/C10H6F3N3O2/c1-18-10-15-8(14-9(17)16-10)4-2-6(12)7(13)3-5(4)11/h2-3H,1H3,(H,14,15,16,17). The van der Waals surface area contributed by atoms with E-state index in [0.29, 0.717) is 12.1 Å². The Morgan fingerprint density at radius 2 is 1.78 bits per heavy atom. The lowest BCUT2D eigenvalue weighted by atomic mass is 10.2. The number of nitrogens with zero attached hydrogens (tertiary/aromatic N) is 2. The van der Waals surface area contributed by atoms with Crippen molar-refractivity contribution in [3.05, 3.63) is 40.1 Å². The van der Waals surface area contributed by atoms with Crippen LogP contribution in [0.2, 0.25) is 0 Å². The van der Waals surface area contributed by atoms with Crippen molar-refractivity contribution >= 4 is 0 Å². The van der Waals surface area contributed by atoms with Gasteiger partial charge in [-0.2, -0.15) is 4.98 Å². The molecule has 1 aromatic carbocycles. The van der Waals surface area contributed by atoms with Crippen LogP contribution in [0.15, 0.2) is 16.9 Å². The highest BCUT2D eigenvalue weighted by Crippen LogP contribution is 2.22. The van der Waals surface area contributed by atoms with E-state index in [1.807, 2.05) is 0 Å². The number of ether oxygens (including phenoxy) is 1. The maximum atomic E-state index is 13.5. The van der Waals surface area contributed by atoms with Crippen LogP contribution in [-0.2, 0) is 0 Å². The first kappa shape index (κ1) is 12.1. The summed E-state index contributed by atoms with van der Waals surface area (Å²) in [4.78, 5) is 20.2. The molecule has 5 nitrogen and oxygen atoms in total. The van der Waals surface area contributed by atoms with Crippen LogP contribution in [0, 0.1) is 17.5 Å². The lowest BCUT2D eigenvalue weighted by Gasteiger charge is -2.04. The number of halogens is 3. The molecule has 1 aromatic heterocycles. The van der Waals surface area contributed by atoms with Gasteiger partial charge in [-0.1, -0.05) is 0 Å². The van der Waals surface area contributed by atoms with Gasteiger partial charge in [0.2, 0.25) is 0 Å². The van der Waals surface area contributed by atoms with E-state index in [4.69, 9.17) is 0 Å². The minimum atomic E-state index is -1.33. The Hall–Kier alpha value is -2.38. The van der Waals surface area contributed by atoms with Crippen LogP contribution in [-0.4, -0.2) is 22.1 Å². The third kappa shape index (κ3) is 2.17. The first-order valence-electron chi connectivity index (χ1n) is 4.68. The Bertz CT molecular complexity index is 657. The Morgan fingerprint density at radius 3 is 2.44 bits per heavy atom. The molecule has 0 unspecified atom stereocenters. The lowest BCUT2D eigenvalue weighted by Crippen LogP contribution is -2.14. The van der Waals surface area contributed by atoms with Crippen LogP contribution in [0.5, 0.6) is 6.01 Å². The van der Waals surface area contributed by atoms with Crippen LogP contribution in [0.4, 0.5) is 13.2 Å². The predicted octanol–water partition coefficient (Wildman–Crippen LogP) is 1.26. The topological polar surface area (TPSA) is 67.9 Å². The van der Waals surface area contributed by atoms with E-state index in [9.17, 15) is 18.0 Å². The molecule has 94 valence electrons. The van der Waals surface area contributed by atoms with Crippen molar-refractivity contribution in [3.8, 4) is 17.4 Å². The SMILES string of the molecule is COc1nc(-c2cc(F)c(F)cc2F)[nH]c(=O)n1. The first-order valence-corrected chi connectivity index (χ1v) is 4.68. The summed E-state index contributed by atoms with van der Waals surface area (Å²) in [6.45, 7) is 0. The summed E-state index contributed by atoms with van der Waals surface area (Å²) in [6.07, 6.45) is 0. The fourth-order valence-corrected chi connectivity index (χ4v) is 1.29. The van der Waals surface area contributed by atoms with E-state index in [0.717, 1.165) is 0 Å². The van der Waals surface area contributed by atoms with Crippen molar-refractivity contribution in [2.45, 2.75) is 0 Å². The van der Waals surface area contributed by atoms with Crippen LogP contribution < -0.4 is 10.4 Å². The van der Waals surface area contributed by atoms with Crippen molar-refractivity contribution in [3.63, 3.8) is 0 Å². The minimum absolute atomic E-state index is 0.303. The monoisotopic (exact) mass is 257 g/mol. The molecule has 0 amide bonds. The van der Waals surface area contributed by atoms with Gasteiger partial charge in [-0.3, -0.25) is 4.98 Å². The average molecular weight is 257 g/mol. The van der Waals surface area contributed by atoms with E-state index in [2.05, 4.69) is 19.7 Å². The second-order valence-corrected chi connectivity index (χ2v) is 3.24. The highest BCUT2D eigenvalue weighted by Gasteiger charge is 2.14. The zero-order valence-electron chi connectivity index (χ0n) is 9.00. The molecule has 1 N–H and O–H groups in total. The summed E-state index contributed by atoms with van der Waals surface area (Å²) >= 11 is 0. The number of hydrogen-bond donors (Lipinski definition) is 1. The van der Waals surface area contributed by atoms with Gasteiger partial charge >= 0.3 is 11.7 Å². The molecule has 0 saturated carbocycles. The van der Waals surface area contributed by atoms with E-state index < -0.39 is 28.7 Å². The number of nitrogens with one attached hydrogen (secondary N) is 1. The van der Waals surface area contributed by atoms with Gasteiger partial charge in [0.1, 0.15) is 11.6 Å². The van der Waals surface area contributed by atoms with Gasteiger partial charge in [0, 0.05) is 6.07 Å². The molecule has 0 fully saturated rings. The predicted molar refractivity (Wildman–Crippen MR) is 54.5 cm³/mol. The molecule has 0 bridgehead atoms. The fourth-order valence-electron chi connectivity index (χ4n) is 1.29. The molecule has 2 rings (SSSR count). The largest absolute Gasteiger partial charge is 0.467 e. The van der Waals surface area contributed by atoms with Gasteiger partial charge in [0.05, 0.1) is 12.7 Å². The summed E-state index contributed by atoms with van der Waals surface area (Å²) in [6, 6.07) is 0.637. The maximum Gasteiger partial charge on any atom is 0.351 e. The fraction of sp³-hybridized carbons (Fsp3) is 0.100. The second kappa shape index (κ2) is 4.47. The van der Waals surface area contributed by atoms with Crippen molar-refractivity contribution in [2.75, 3.05) is 7.11 Å². The molecule has 0 spiro atoms. The first-order chi connectivity index (χ1) is 8.51. The molecule has 0 aliphatic rings. The van der Waals surface area contributed by atoms with Crippen LogP contribution >= 0.6 is 0 Å². The van der Waals surface area contributed by atoms with Crippen LogP contribution in [0.1, 0.15) is 0 Å². The number of benzene rings is 1. The molecule has 0 saturated heterocycles. The maximum absolute atomic E-state index is 13.5. The van der Waals surface area contributed by atoms with Gasteiger partial charge in [-0.05, 0) is 6.07 Å². The Balaban J connectivity index is 2.65. The van der Waals surface area contributed by atoms with E-state index in [1.54, 1.807) is 0 Å². The van der Waals surface area contributed by atoms with Crippen molar-refractivity contribution in [1.82, 2.24) is 15.0 Å². The lowest BCUT2D eigenvalue weighted by molar-refractivity contribution is 0.376. The van der Waals surface area contributed by atoms with Gasteiger partial charge in [-0.15, -0.1) is 4.98 Å². The number of H-pyrrole nitrogens is 1.